The summed E-state index contributed by atoms with van der Waals surface area (Å²) in [6, 6.07) is 4.98. The molecule has 1 aromatic heterocycles. The van der Waals surface area contributed by atoms with Gasteiger partial charge in [-0.3, -0.25) is 4.68 Å². The first kappa shape index (κ1) is 16.0. The minimum Gasteiger partial charge on any atom is -0.398 e. The van der Waals surface area contributed by atoms with Gasteiger partial charge in [0.05, 0.1) is 32.2 Å². The van der Waals surface area contributed by atoms with Crippen LogP contribution in [0.2, 0.25) is 0 Å². The fraction of sp³-hybridized carbons (Fsp3) is 0.357. The van der Waals surface area contributed by atoms with Crippen LogP contribution in [0.3, 0.4) is 0 Å². The van der Waals surface area contributed by atoms with Gasteiger partial charge in [-0.2, -0.15) is 5.10 Å². The monoisotopic (exact) mass is 371 g/mol. The lowest BCUT2D eigenvalue weighted by atomic mass is 10.2. The molecule has 2 rings (SSSR count). The van der Waals surface area contributed by atoms with E-state index in [1.54, 1.807) is 29.9 Å². The average Bonchev–Trinajstić information content (AvgIpc) is 2.65. The maximum Gasteiger partial charge on any atom is 0.186 e. The average molecular weight is 372 g/mol. The van der Waals surface area contributed by atoms with Gasteiger partial charge in [0.15, 0.2) is 9.84 Å². The first-order chi connectivity index (χ1) is 9.76. The third kappa shape index (κ3) is 3.13. The smallest absolute Gasteiger partial charge is 0.186 e. The highest BCUT2D eigenvalue weighted by Crippen LogP contribution is 2.28. The molecule has 21 heavy (non-hydrogen) atoms. The molecule has 0 atom stereocenters. The number of hydrogen-bond acceptors (Lipinski definition) is 4. The summed E-state index contributed by atoms with van der Waals surface area (Å²) in [5.74, 6) is -0.135. The van der Waals surface area contributed by atoms with E-state index in [0.717, 1.165) is 22.2 Å². The number of aromatic nitrogens is 2. The summed E-state index contributed by atoms with van der Waals surface area (Å²) in [5.41, 5.74) is 8.55. The molecule has 2 aromatic rings. The van der Waals surface area contributed by atoms with Gasteiger partial charge in [-0.25, -0.2) is 8.42 Å². The van der Waals surface area contributed by atoms with Crippen LogP contribution in [0.1, 0.15) is 23.9 Å². The summed E-state index contributed by atoms with van der Waals surface area (Å²) in [7, 11) is -1.77. The van der Waals surface area contributed by atoms with Gasteiger partial charge in [-0.15, -0.1) is 0 Å². The molecule has 0 bridgehead atoms. The number of hydrogen-bond donors (Lipinski definition) is 1. The number of halogens is 1. The second-order valence-corrected chi connectivity index (χ2v) is 7.74. The Labute approximate surface area is 133 Å². The minimum absolute atomic E-state index is 0.135. The SMILES string of the molecule is CCc1nn(C)c(CS(=O)(=O)c2ccc(C)cc2N)c1Br. The summed E-state index contributed by atoms with van der Waals surface area (Å²) in [6.45, 7) is 3.85. The molecule has 0 fully saturated rings. The topological polar surface area (TPSA) is 78.0 Å². The lowest BCUT2D eigenvalue weighted by Gasteiger charge is -2.09. The normalized spacial score (nSPS) is 11.8. The number of nitrogens with two attached hydrogens (primary N) is 1. The van der Waals surface area contributed by atoms with Crippen LogP contribution in [-0.2, 0) is 29.1 Å². The summed E-state index contributed by atoms with van der Waals surface area (Å²) >= 11 is 3.44. The highest BCUT2D eigenvalue weighted by Gasteiger charge is 2.23. The van der Waals surface area contributed by atoms with Crippen molar-refractivity contribution in [3.63, 3.8) is 0 Å². The Kier molecular flexibility index (Phi) is 4.43. The number of rotatable bonds is 4. The molecular formula is C14H18BrN3O2S. The number of anilines is 1. The van der Waals surface area contributed by atoms with Crippen molar-refractivity contribution in [1.29, 1.82) is 0 Å². The lowest BCUT2D eigenvalue weighted by molar-refractivity contribution is 0.592. The van der Waals surface area contributed by atoms with Gasteiger partial charge in [0.2, 0.25) is 0 Å². The number of aryl methyl sites for hydroxylation is 3. The molecule has 0 amide bonds. The Morgan fingerprint density at radius 3 is 2.57 bits per heavy atom. The van der Waals surface area contributed by atoms with E-state index >= 15 is 0 Å². The summed E-state index contributed by atoms with van der Waals surface area (Å²) < 4.78 is 27.5. The highest BCUT2D eigenvalue weighted by atomic mass is 79.9. The fourth-order valence-corrected chi connectivity index (χ4v) is 4.67. The van der Waals surface area contributed by atoms with E-state index in [-0.39, 0.29) is 16.3 Å². The van der Waals surface area contributed by atoms with Crippen molar-refractivity contribution in [1.82, 2.24) is 9.78 Å². The van der Waals surface area contributed by atoms with E-state index in [4.69, 9.17) is 5.73 Å². The van der Waals surface area contributed by atoms with Crippen molar-refractivity contribution in [2.75, 3.05) is 5.73 Å². The highest BCUT2D eigenvalue weighted by molar-refractivity contribution is 9.10. The molecule has 0 unspecified atom stereocenters. The summed E-state index contributed by atoms with van der Waals surface area (Å²) in [5, 5.41) is 4.32. The minimum atomic E-state index is -3.52. The second kappa shape index (κ2) is 5.81. The van der Waals surface area contributed by atoms with E-state index < -0.39 is 9.84 Å². The van der Waals surface area contributed by atoms with E-state index in [9.17, 15) is 8.42 Å². The maximum absolute atomic E-state index is 12.6. The largest absolute Gasteiger partial charge is 0.398 e. The third-order valence-electron chi connectivity index (χ3n) is 3.33. The number of sulfone groups is 1. The molecule has 7 heteroatoms. The van der Waals surface area contributed by atoms with Crippen LogP contribution < -0.4 is 5.73 Å². The van der Waals surface area contributed by atoms with Gasteiger partial charge in [0.25, 0.3) is 0 Å². The molecule has 1 heterocycles. The zero-order chi connectivity index (χ0) is 15.8. The second-order valence-electron chi connectivity index (χ2n) is 4.98. The van der Waals surface area contributed by atoms with Crippen molar-refractivity contribution in [2.24, 2.45) is 7.05 Å². The predicted molar refractivity (Wildman–Crippen MR) is 86.8 cm³/mol. The van der Waals surface area contributed by atoms with Crippen molar-refractivity contribution >= 4 is 31.5 Å². The number of benzene rings is 1. The Balaban J connectivity index is 2.45. The van der Waals surface area contributed by atoms with Crippen LogP contribution in [0.5, 0.6) is 0 Å². The molecule has 0 saturated carbocycles. The van der Waals surface area contributed by atoms with Crippen LogP contribution in [0, 0.1) is 6.92 Å². The number of nitrogen functional groups attached to an aromatic ring is 1. The van der Waals surface area contributed by atoms with Crippen LogP contribution >= 0.6 is 15.9 Å². The van der Waals surface area contributed by atoms with Gasteiger partial charge in [-0.05, 0) is 47.0 Å². The Morgan fingerprint density at radius 1 is 1.38 bits per heavy atom. The molecular weight excluding hydrogens is 354 g/mol. The van der Waals surface area contributed by atoms with Gasteiger partial charge < -0.3 is 5.73 Å². The Hall–Kier alpha value is -1.34. The Morgan fingerprint density at radius 2 is 2.05 bits per heavy atom. The lowest BCUT2D eigenvalue weighted by Crippen LogP contribution is -2.11. The molecule has 1 aromatic carbocycles. The molecule has 0 saturated heterocycles. The first-order valence-corrected chi connectivity index (χ1v) is 9.00. The maximum atomic E-state index is 12.6. The molecule has 0 spiro atoms. The van der Waals surface area contributed by atoms with E-state index in [1.807, 2.05) is 13.8 Å². The van der Waals surface area contributed by atoms with Crippen molar-refractivity contribution in [2.45, 2.75) is 30.9 Å². The third-order valence-corrected chi connectivity index (χ3v) is 5.94. The van der Waals surface area contributed by atoms with Gasteiger partial charge in [0, 0.05) is 7.05 Å². The standard InChI is InChI=1S/C14H18BrN3O2S/c1-4-11-14(15)12(18(3)17-11)8-21(19,20)13-6-5-9(2)7-10(13)16/h5-7H,4,8,16H2,1-3H3. The van der Waals surface area contributed by atoms with Gasteiger partial charge in [-0.1, -0.05) is 13.0 Å². The molecule has 114 valence electrons. The quantitative estimate of drug-likeness (QED) is 0.837. The zero-order valence-corrected chi connectivity index (χ0v) is 14.6. The van der Waals surface area contributed by atoms with Crippen LogP contribution in [0.15, 0.2) is 27.6 Å². The van der Waals surface area contributed by atoms with Gasteiger partial charge >= 0.3 is 0 Å². The molecule has 2 N–H and O–H groups in total. The van der Waals surface area contributed by atoms with Gasteiger partial charge in [0.1, 0.15) is 0 Å². The van der Waals surface area contributed by atoms with Crippen LogP contribution in [0.4, 0.5) is 5.69 Å². The van der Waals surface area contributed by atoms with Crippen LogP contribution in [-0.4, -0.2) is 18.2 Å². The molecule has 0 aliphatic heterocycles. The molecule has 5 nitrogen and oxygen atoms in total. The van der Waals surface area contributed by atoms with E-state index in [2.05, 4.69) is 21.0 Å². The fourth-order valence-electron chi connectivity index (χ4n) is 2.19. The van der Waals surface area contributed by atoms with Crippen LogP contribution in [0.25, 0.3) is 0 Å². The van der Waals surface area contributed by atoms with Crippen molar-refractivity contribution in [3.8, 4) is 0 Å². The molecule has 0 aliphatic rings. The number of nitrogens with zero attached hydrogens (tertiary/aromatic N) is 2. The molecule has 0 aliphatic carbocycles. The van der Waals surface area contributed by atoms with E-state index in [0.29, 0.717) is 5.69 Å². The Bertz CT molecular complexity index is 782. The van der Waals surface area contributed by atoms with Crippen molar-refractivity contribution < 1.29 is 8.42 Å². The predicted octanol–water partition coefficient (Wildman–Crippen LogP) is 2.61. The molecule has 0 radical (unpaired) electrons. The van der Waals surface area contributed by atoms with E-state index in [1.165, 1.54) is 0 Å². The van der Waals surface area contributed by atoms with Crippen molar-refractivity contribution in [3.05, 3.63) is 39.6 Å². The zero-order valence-electron chi connectivity index (χ0n) is 12.2. The summed E-state index contributed by atoms with van der Waals surface area (Å²) in [6.07, 6.45) is 0.737. The first-order valence-electron chi connectivity index (χ1n) is 6.55. The summed E-state index contributed by atoms with van der Waals surface area (Å²) in [4.78, 5) is 0.166.